The Morgan fingerprint density at radius 2 is 1.78 bits per heavy atom. The highest BCUT2D eigenvalue weighted by Crippen LogP contribution is 2.36. The van der Waals surface area contributed by atoms with Crippen molar-refractivity contribution in [1.29, 1.82) is 0 Å². The van der Waals surface area contributed by atoms with Gasteiger partial charge in [-0.05, 0) is 29.8 Å². The van der Waals surface area contributed by atoms with Crippen LogP contribution >= 0.6 is 0 Å². The second kappa shape index (κ2) is 6.23. The predicted octanol–water partition coefficient (Wildman–Crippen LogP) is 3.10. The minimum absolute atomic E-state index is 0.185. The van der Waals surface area contributed by atoms with E-state index >= 15 is 0 Å². The van der Waals surface area contributed by atoms with Crippen LogP contribution in [0.1, 0.15) is 11.8 Å². The maximum Gasteiger partial charge on any atom is 0.246 e. The summed E-state index contributed by atoms with van der Waals surface area (Å²) in [5.41, 5.74) is 0.579. The molecule has 4 nitrogen and oxygen atoms in total. The molecular weight excluding hydrogens is 317 g/mol. The first kappa shape index (κ1) is 15.9. The fraction of sp³-hybridized carbons (Fsp3) is 0.176. The number of halogens is 1. The molecule has 2 aromatic carbocycles. The molecule has 0 aromatic heterocycles. The molecular formula is C17H16FNO3S. The Balaban J connectivity index is 2.05. The third kappa shape index (κ3) is 2.93. The Hall–Kier alpha value is -2.02. The van der Waals surface area contributed by atoms with Gasteiger partial charge in [-0.25, -0.2) is 12.8 Å². The zero-order chi connectivity index (χ0) is 16.4. The van der Waals surface area contributed by atoms with Crippen molar-refractivity contribution < 1.29 is 17.5 Å². The summed E-state index contributed by atoms with van der Waals surface area (Å²) in [4.78, 5) is 0.185. The summed E-state index contributed by atoms with van der Waals surface area (Å²) < 4.78 is 46.0. The van der Waals surface area contributed by atoms with Crippen LogP contribution in [-0.4, -0.2) is 25.4 Å². The van der Waals surface area contributed by atoms with E-state index in [0.717, 1.165) is 0 Å². The van der Waals surface area contributed by atoms with E-state index in [1.807, 2.05) is 0 Å². The third-order valence-corrected chi connectivity index (χ3v) is 5.61. The van der Waals surface area contributed by atoms with Crippen LogP contribution in [0.4, 0.5) is 4.39 Å². The van der Waals surface area contributed by atoms with Crippen molar-refractivity contribution in [2.24, 2.45) is 0 Å². The van der Waals surface area contributed by atoms with Gasteiger partial charge in [0.05, 0.1) is 17.5 Å². The minimum Gasteiger partial charge on any atom is -0.356 e. The average Bonchev–Trinajstić information content (AvgIpc) is 3.01. The predicted molar refractivity (Wildman–Crippen MR) is 84.5 cm³/mol. The molecule has 0 amide bonds. The standard InChI is InChI=1S/C17H16FNO3S/c1-2-15-12-22-17(13-8-10-14(18)11-9-13)19(15)23(20,21)16-6-4-3-5-7-16/h2-11,15,17H,1,12H2/t15-,17-/m0/s1. The molecule has 2 atom stereocenters. The van der Waals surface area contributed by atoms with Crippen LogP contribution in [0, 0.1) is 5.82 Å². The molecule has 120 valence electrons. The number of rotatable bonds is 4. The van der Waals surface area contributed by atoms with Crippen molar-refractivity contribution in [3.63, 3.8) is 0 Å². The Labute approximate surface area is 134 Å². The smallest absolute Gasteiger partial charge is 0.246 e. The first-order chi connectivity index (χ1) is 11.0. The number of benzene rings is 2. The molecule has 1 aliphatic heterocycles. The number of nitrogens with zero attached hydrogens (tertiary/aromatic N) is 1. The molecule has 0 unspecified atom stereocenters. The molecule has 1 saturated heterocycles. The van der Waals surface area contributed by atoms with E-state index in [9.17, 15) is 12.8 Å². The summed E-state index contributed by atoms with van der Waals surface area (Å²) in [6.45, 7) is 3.90. The Morgan fingerprint density at radius 3 is 2.39 bits per heavy atom. The Bertz CT molecular complexity index is 790. The lowest BCUT2D eigenvalue weighted by atomic mass is 10.2. The van der Waals surface area contributed by atoms with Crippen LogP contribution in [0.3, 0.4) is 0 Å². The molecule has 6 heteroatoms. The van der Waals surface area contributed by atoms with Crippen LogP contribution in [0.15, 0.2) is 72.1 Å². The fourth-order valence-electron chi connectivity index (χ4n) is 2.57. The molecule has 2 aromatic rings. The highest BCUT2D eigenvalue weighted by Gasteiger charge is 2.42. The maximum atomic E-state index is 13.1. The Kier molecular flexibility index (Phi) is 4.30. The van der Waals surface area contributed by atoms with Gasteiger partial charge >= 0.3 is 0 Å². The first-order valence-electron chi connectivity index (χ1n) is 7.12. The SMILES string of the molecule is C=C[C@H]1CO[C@@H](c2ccc(F)cc2)N1S(=O)(=O)c1ccccc1. The van der Waals surface area contributed by atoms with Crippen molar-refractivity contribution in [3.8, 4) is 0 Å². The van der Waals surface area contributed by atoms with Gasteiger partial charge < -0.3 is 4.74 Å². The van der Waals surface area contributed by atoms with Crippen molar-refractivity contribution in [1.82, 2.24) is 4.31 Å². The van der Waals surface area contributed by atoms with Crippen LogP contribution in [0.2, 0.25) is 0 Å². The van der Waals surface area contributed by atoms with E-state index in [-0.39, 0.29) is 17.3 Å². The van der Waals surface area contributed by atoms with Gasteiger partial charge in [-0.2, -0.15) is 4.31 Å². The molecule has 0 spiro atoms. The molecule has 0 N–H and O–H groups in total. The highest BCUT2D eigenvalue weighted by molar-refractivity contribution is 7.89. The largest absolute Gasteiger partial charge is 0.356 e. The highest BCUT2D eigenvalue weighted by atomic mass is 32.2. The summed E-state index contributed by atoms with van der Waals surface area (Å²) in [5.74, 6) is -0.385. The van der Waals surface area contributed by atoms with Crippen molar-refractivity contribution in [2.45, 2.75) is 17.2 Å². The lowest BCUT2D eigenvalue weighted by molar-refractivity contribution is 0.0681. The normalized spacial score (nSPS) is 22.1. The van der Waals surface area contributed by atoms with Gasteiger partial charge in [-0.15, -0.1) is 6.58 Å². The van der Waals surface area contributed by atoms with Crippen LogP contribution in [0.5, 0.6) is 0 Å². The van der Waals surface area contributed by atoms with Gasteiger partial charge in [-0.3, -0.25) is 0 Å². The fourth-order valence-corrected chi connectivity index (χ4v) is 4.25. The zero-order valence-electron chi connectivity index (χ0n) is 12.3. The first-order valence-corrected chi connectivity index (χ1v) is 8.56. The number of ether oxygens (including phenoxy) is 1. The lowest BCUT2D eigenvalue weighted by Crippen LogP contribution is -2.37. The van der Waals surface area contributed by atoms with Crippen molar-refractivity contribution in [3.05, 3.63) is 78.6 Å². The minimum atomic E-state index is -3.76. The van der Waals surface area contributed by atoms with Gasteiger partial charge in [0.1, 0.15) is 5.82 Å². The van der Waals surface area contributed by atoms with E-state index in [1.54, 1.807) is 24.3 Å². The average molecular weight is 333 g/mol. The second-order valence-electron chi connectivity index (χ2n) is 5.19. The van der Waals surface area contributed by atoms with E-state index in [0.29, 0.717) is 5.56 Å². The van der Waals surface area contributed by atoms with E-state index in [1.165, 1.54) is 40.7 Å². The number of sulfonamides is 1. The molecule has 0 bridgehead atoms. The van der Waals surface area contributed by atoms with Gasteiger partial charge in [0, 0.05) is 0 Å². The van der Waals surface area contributed by atoms with E-state index in [2.05, 4.69) is 6.58 Å². The summed E-state index contributed by atoms with van der Waals surface area (Å²) >= 11 is 0. The van der Waals surface area contributed by atoms with Crippen LogP contribution in [-0.2, 0) is 14.8 Å². The van der Waals surface area contributed by atoms with Gasteiger partial charge in [0.15, 0.2) is 6.23 Å². The van der Waals surface area contributed by atoms with Gasteiger partial charge in [0.2, 0.25) is 10.0 Å². The summed E-state index contributed by atoms with van der Waals surface area (Å²) in [5, 5.41) is 0. The second-order valence-corrected chi connectivity index (χ2v) is 7.03. The quantitative estimate of drug-likeness (QED) is 0.808. The molecule has 23 heavy (non-hydrogen) atoms. The van der Waals surface area contributed by atoms with E-state index in [4.69, 9.17) is 4.74 Å². The summed E-state index contributed by atoms with van der Waals surface area (Å²) in [6, 6.07) is 13.3. The molecule has 1 aliphatic rings. The maximum absolute atomic E-state index is 13.1. The molecule has 0 saturated carbocycles. The monoisotopic (exact) mass is 333 g/mol. The number of hydrogen-bond donors (Lipinski definition) is 0. The van der Waals surface area contributed by atoms with E-state index < -0.39 is 22.3 Å². The molecule has 1 heterocycles. The molecule has 1 fully saturated rings. The molecule has 0 aliphatic carbocycles. The van der Waals surface area contributed by atoms with Crippen LogP contribution in [0.25, 0.3) is 0 Å². The topological polar surface area (TPSA) is 46.6 Å². The summed E-state index contributed by atoms with van der Waals surface area (Å²) in [7, 11) is -3.76. The van der Waals surface area contributed by atoms with Crippen molar-refractivity contribution >= 4 is 10.0 Å². The third-order valence-electron chi connectivity index (χ3n) is 3.73. The van der Waals surface area contributed by atoms with Gasteiger partial charge in [-0.1, -0.05) is 36.4 Å². The van der Waals surface area contributed by atoms with Gasteiger partial charge in [0.25, 0.3) is 0 Å². The van der Waals surface area contributed by atoms with Crippen molar-refractivity contribution in [2.75, 3.05) is 6.61 Å². The zero-order valence-corrected chi connectivity index (χ0v) is 13.1. The molecule has 3 rings (SSSR count). The lowest BCUT2D eigenvalue weighted by Gasteiger charge is -2.26. The summed E-state index contributed by atoms with van der Waals surface area (Å²) in [6.07, 6.45) is 0.744. The van der Waals surface area contributed by atoms with Crippen LogP contribution < -0.4 is 0 Å². The number of hydrogen-bond acceptors (Lipinski definition) is 3. The molecule has 0 radical (unpaired) electrons. The Morgan fingerprint density at radius 1 is 1.13 bits per heavy atom.